The lowest BCUT2D eigenvalue weighted by molar-refractivity contribution is 1.01. The number of fused-ring (bicyclic) bond motifs is 1. The summed E-state index contributed by atoms with van der Waals surface area (Å²) in [5, 5.41) is 0. The second-order valence-corrected chi connectivity index (χ2v) is 7.51. The molecular weight excluding hydrogens is 455 g/mol. The van der Waals surface area contributed by atoms with Gasteiger partial charge in [-0.15, -0.1) is 0 Å². The Morgan fingerprint density at radius 3 is 2.64 bits per heavy atom. The van der Waals surface area contributed by atoms with Crippen molar-refractivity contribution in [1.82, 2.24) is 0 Å². The summed E-state index contributed by atoms with van der Waals surface area (Å²) in [7, 11) is 0. The van der Waals surface area contributed by atoms with Gasteiger partial charge < -0.3 is 4.90 Å². The highest BCUT2D eigenvalue weighted by molar-refractivity contribution is 14.1. The quantitative estimate of drug-likeness (QED) is 0.254. The molecule has 142 valence electrons. The Morgan fingerprint density at radius 2 is 1.86 bits per heavy atom. The summed E-state index contributed by atoms with van der Waals surface area (Å²) in [4.78, 5) is 6.62. The number of nitrogens with zero attached hydrogens (tertiary/aromatic N) is 2. The van der Waals surface area contributed by atoms with Gasteiger partial charge in [0.2, 0.25) is 0 Å². The first kappa shape index (κ1) is 20.3. The second-order valence-electron chi connectivity index (χ2n) is 6.35. The van der Waals surface area contributed by atoms with Gasteiger partial charge in [-0.3, -0.25) is 4.99 Å². The number of benzene rings is 2. The van der Waals surface area contributed by atoms with Crippen LogP contribution in [0.2, 0.25) is 0 Å². The Bertz CT molecular complexity index is 964. The molecule has 0 radical (unpaired) electrons. The Hall–Kier alpha value is -2.40. The molecule has 2 aromatic rings. The van der Waals surface area contributed by atoms with E-state index in [-0.39, 0.29) is 0 Å². The molecule has 1 aliphatic rings. The standard InChI is InChI=1S/C25H25IN2/c1-3-27-18-16-20(22-12-5-7-14-24(22)26)10-9-11-21-17-19-28(4-2)25-15-8-6-13-23(21)25/h5-19H,3-4H2,1-2H3/b10-9-,20-16-,21-11+,27-18?. The summed E-state index contributed by atoms with van der Waals surface area (Å²) < 4.78 is 1.23. The summed E-state index contributed by atoms with van der Waals surface area (Å²) in [5.74, 6) is 0. The molecule has 0 aromatic heterocycles. The number of para-hydroxylation sites is 1. The van der Waals surface area contributed by atoms with Crippen molar-refractivity contribution in [2.45, 2.75) is 13.8 Å². The average molecular weight is 480 g/mol. The zero-order chi connectivity index (χ0) is 19.8. The minimum absolute atomic E-state index is 0.791. The largest absolute Gasteiger partial charge is 0.348 e. The number of hydrogen-bond acceptors (Lipinski definition) is 2. The van der Waals surface area contributed by atoms with E-state index in [1.165, 1.54) is 26.0 Å². The minimum atomic E-state index is 0.791. The summed E-state index contributed by atoms with van der Waals surface area (Å²) in [6.45, 7) is 5.97. The van der Waals surface area contributed by atoms with Crippen molar-refractivity contribution in [2.24, 2.45) is 4.99 Å². The summed E-state index contributed by atoms with van der Waals surface area (Å²) in [6, 6.07) is 17.0. The van der Waals surface area contributed by atoms with Crippen molar-refractivity contribution < 1.29 is 0 Å². The molecule has 1 heterocycles. The third-order valence-electron chi connectivity index (χ3n) is 4.58. The molecule has 0 bridgehead atoms. The van der Waals surface area contributed by atoms with Crippen molar-refractivity contribution in [2.75, 3.05) is 18.0 Å². The van der Waals surface area contributed by atoms with Gasteiger partial charge in [-0.1, -0.05) is 54.6 Å². The lowest BCUT2D eigenvalue weighted by Gasteiger charge is -2.26. The van der Waals surface area contributed by atoms with E-state index in [4.69, 9.17) is 0 Å². The maximum Gasteiger partial charge on any atom is 0.0485 e. The third kappa shape index (κ3) is 4.90. The molecule has 0 saturated heterocycles. The lowest BCUT2D eigenvalue weighted by Crippen LogP contribution is -2.18. The van der Waals surface area contributed by atoms with Crippen LogP contribution in [0, 0.1) is 3.57 Å². The van der Waals surface area contributed by atoms with E-state index >= 15 is 0 Å². The van der Waals surface area contributed by atoms with Gasteiger partial charge in [-0.05, 0) is 77.4 Å². The van der Waals surface area contributed by atoms with E-state index in [1.807, 2.05) is 13.1 Å². The van der Waals surface area contributed by atoms with Crippen molar-refractivity contribution >= 4 is 45.6 Å². The van der Waals surface area contributed by atoms with Gasteiger partial charge in [-0.2, -0.15) is 0 Å². The van der Waals surface area contributed by atoms with Crippen LogP contribution in [0.5, 0.6) is 0 Å². The van der Waals surface area contributed by atoms with Gasteiger partial charge >= 0.3 is 0 Å². The van der Waals surface area contributed by atoms with Gasteiger partial charge in [-0.25, -0.2) is 0 Å². The third-order valence-corrected chi connectivity index (χ3v) is 5.52. The number of halogens is 1. The fraction of sp³-hybridized carbons (Fsp3) is 0.160. The van der Waals surface area contributed by atoms with Gasteiger partial charge in [0.1, 0.15) is 0 Å². The number of aliphatic imine (C=N–C) groups is 1. The van der Waals surface area contributed by atoms with Crippen LogP contribution in [0.4, 0.5) is 5.69 Å². The Balaban J connectivity index is 1.93. The SMILES string of the molecule is CCN=C/C=C(/C=C\C=C1/C=CN(CC)c2ccccc21)c1ccccc1I. The molecule has 0 saturated carbocycles. The molecule has 3 rings (SSSR count). The molecule has 0 atom stereocenters. The van der Waals surface area contributed by atoms with E-state index < -0.39 is 0 Å². The normalized spacial score (nSPS) is 15.8. The molecule has 2 aromatic carbocycles. The van der Waals surface area contributed by atoms with E-state index in [0.717, 1.165) is 18.7 Å². The van der Waals surface area contributed by atoms with E-state index in [9.17, 15) is 0 Å². The van der Waals surface area contributed by atoms with Crippen LogP contribution in [-0.2, 0) is 0 Å². The predicted octanol–water partition coefficient (Wildman–Crippen LogP) is 6.76. The van der Waals surface area contributed by atoms with Crippen LogP contribution in [-0.4, -0.2) is 19.3 Å². The van der Waals surface area contributed by atoms with E-state index in [1.54, 1.807) is 0 Å². The molecule has 0 N–H and O–H groups in total. The van der Waals surface area contributed by atoms with Crippen molar-refractivity contribution in [3.8, 4) is 0 Å². The lowest BCUT2D eigenvalue weighted by atomic mass is 9.99. The smallest absolute Gasteiger partial charge is 0.0485 e. The Morgan fingerprint density at radius 1 is 1.07 bits per heavy atom. The van der Waals surface area contributed by atoms with Crippen LogP contribution in [0.1, 0.15) is 25.0 Å². The van der Waals surface area contributed by atoms with Gasteiger partial charge in [0.05, 0.1) is 0 Å². The molecule has 0 spiro atoms. The van der Waals surface area contributed by atoms with Gasteiger partial charge in [0, 0.05) is 40.3 Å². The molecule has 2 nitrogen and oxygen atoms in total. The van der Waals surface area contributed by atoms with Gasteiger partial charge in [0.25, 0.3) is 0 Å². The molecule has 0 fully saturated rings. The van der Waals surface area contributed by atoms with E-state index in [2.05, 4.69) is 125 Å². The zero-order valence-electron chi connectivity index (χ0n) is 16.3. The van der Waals surface area contributed by atoms with Crippen LogP contribution < -0.4 is 4.90 Å². The van der Waals surface area contributed by atoms with Crippen molar-refractivity contribution in [3.63, 3.8) is 0 Å². The number of anilines is 1. The highest BCUT2D eigenvalue weighted by Crippen LogP contribution is 2.32. The first-order valence-electron chi connectivity index (χ1n) is 9.62. The van der Waals surface area contributed by atoms with Crippen molar-refractivity contribution in [1.29, 1.82) is 0 Å². The topological polar surface area (TPSA) is 15.6 Å². The zero-order valence-corrected chi connectivity index (χ0v) is 18.5. The molecule has 0 unspecified atom stereocenters. The van der Waals surface area contributed by atoms with Crippen LogP contribution in [0.25, 0.3) is 11.1 Å². The Labute approximate surface area is 181 Å². The molecule has 0 amide bonds. The predicted molar refractivity (Wildman–Crippen MR) is 132 cm³/mol. The molecule has 0 aliphatic carbocycles. The van der Waals surface area contributed by atoms with Gasteiger partial charge in [0.15, 0.2) is 0 Å². The van der Waals surface area contributed by atoms with Crippen molar-refractivity contribution in [3.05, 3.63) is 99.8 Å². The van der Waals surface area contributed by atoms with Crippen LogP contribution in [0.15, 0.2) is 90.1 Å². The maximum atomic E-state index is 4.34. The number of rotatable bonds is 6. The highest BCUT2D eigenvalue weighted by atomic mass is 127. The first-order chi connectivity index (χ1) is 13.7. The van der Waals surface area contributed by atoms with Crippen LogP contribution in [0.3, 0.4) is 0 Å². The fourth-order valence-corrected chi connectivity index (χ4v) is 3.85. The molecule has 28 heavy (non-hydrogen) atoms. The summed E-state index contributed by atoms with van der Waals surface area (Å²) in [5.41, 5.74) is 6.12. The Kier molecular flexibility index (Phi) is 7.43. The summed E-state index contributed by atoms with van der Waals surface area (Å²) in [6.07, 6.45) is 14.8. The number of hydrogen-bond donors (Lipinski definition) is 0. The minimum Gasteiger partial charge on any atom is -0.348 e. The molecule has 3 heteroatoms. The second kappa shape index (κ2) is 10.2. The average Bonchev–Trinajstić information content (AvgIpc) is 2.73. The summed E-state index contributed by atoms with van der Waals surface area (Å²) >= 11 is 2.39. The fourth-order valence-electron chi connectivity index (χ4n) is 3.15. The first-order valence-corrected chi connectivity index (χ1v) is 10.7. The molecule has 1 aliphatic heterocycles. The monoisotopic (exact) mass is 480 g/mol. The van der Waals surface area contributed by atoms with E-state index in [0.29, 0.717) is 0 Å². The molecular formula is C25H25IN2. The highest BCUT2D eigenvalue weighted by Gasteiger charge is 2.13. The number of allylic oxidation sites excluding steroid dienone is 7. The van der Waals surface area contributed by atoms with Crippen LogP contribution >= 0.6 is 22.6 Å². The maximum absolute atomic E-state index is 4.34.